The molecule has 0 saturated heterocycles. The van der Waals surface area contributed by atoms with Gasteiger partial charge in [0, 0.05) is 5.75 Å². The Morgan fingerprint density at radius 1 is 1.53 bits per heavy atom. The van der Waals surface area contributed by atoms with Gasteiger partial charge in [-0.3, -0.25) is 0 Å². The maximum Gasteiger partial charge on any atom is 0.347 e. The van der Waals surface area contributed by atoms with Crippen molar-refractivity contribution in [3.8, 4) is 0 Å². The Kier molecular flexibility index (Phi) is 3.74. The Morgan fingerprint density at radius 3 is 3.00 bits per heavy atom. The van der Waals surface area contributed by atoms with Crippen molar-refractivity contribution >= 4 is 35.2 Å². The molecule has 1 aliphatic heterocycles. The van der Waals surface area contributed by atoms with Crippen LogP contribution in [0, 0.1) is 0 Å². The molecule has 0 saturated carbocycles. The SMILES string of the molecule is CSC[C@H](C)/N=C1/OC(=O)c2c(Cl)cccc21. The number of hydrogen-bond acceptors (Lipinski definition) is 4. The van der Waals surface area contributed by atoms with Gasteiger partial charge in [-0.15, -0.1) is 0 Å². The first-order chi connectivity index (χ1) is 8.13. The quantitative estimate of drug-likeness (QED) is 0.792. The number of nitrogens with zero attached hydrogens (tertiary/aromatic N) is 1. The molecule has 2 rings (SSSR count). The number of carbonyl (C=O) groups is 1. The number of rotatable bonds is 3. The van der Waals surface area contributed by atoms with E-state index in [9.17, 15) is 4.79 Å². The highest BCUT2D eigenvalue weighted by atomic mass is 35.5. The molecule has 0 fully saturated rings. The average molecular weight is 270 g/mol. The van der Waals surface area contributed by atoms with Crippen LogP contribution in [0.2, 0.25) is 5.02 Å². The minimum atomic E-state index is -0.416. The van der Waals surface area contributed by atoms with Crippen molar-refractivity contribution in [3.63, 3.8) is 0 Å². The molecule has 1 aliphatic rings. The zero-order valence-electron chi connectivity index (χ0n) is 9.57. The summed E-state index contributed by atoms with van der Waals surface area (Å²) in [6.07, 6.45) is 2.02. The van der Waals surface area contributed by atoms with Gasteiger partial charge in [-0.05, 0) is 25.3 Å². The van der Waals surface area contributed by atoms with E-state index >= 15 is 0 Å². The summed E-state index contributed by atoms with van der Waals surface area (Å²) >= 11 is 7.67. The molecule has 0 aliphatic carbocycles. The van der Waals surface area contributed by atoms with Gasteiger partial charge in [0.2, 0.25) is 5.90 Å². The van der Waals surface area contributed by atoms with Crippen LogP contribution in [0.3, 0.4) is 0 Å². The number of fused-ring (bicyclic) bond motifs is 1. The van der Waals surface area contributed by atoms with Gasteiger partial charge in [-0.2, -0.15) is 11.8 Å². The summed E-state index contributed by atoms with van der Waals surface area (Å²) in [7, 11) is 0. The lowest BCUT2D eigenvalue weighted by atomic mass is 10.1. The maximum absolute atomic E-state index is 11.6. The normalized spacial score (nSPS) is 18.1. The summed E-state index contributed by atoms with van der Waals surface area (Å²) < 4.78 is 5.15. The van der Waals surface area contributed by atoms with E-state index in [0.717, 1.165) is 5.75 Å². The molecule has 0 bridgehead atoms. The number of thioether (sulfide) groups is 1. The minimum absolute atomic E-state index is 0.109. The Labute approximate surface area is 109 Å². The fraction of sp³-hybridized carbons (Fsp3) is 0.333. The van der Waals surface area contributed by atoms with Gasteiger partial charge < -0.3 is 4.74 Å². The lowest BCUT2D eigenvalue weighted by Gasteiger charge is -2.04. The molecular formula is C12H12ClNO2S. The van der Waals surface area contributed by atoms with Crippen molar-refractivity contribution in [1.29, 1.82) is 0 Å². The number of cyclic esters (lactones) is 1. The number of carbonyl (C=O) groups excluding carboxylic acids is 1. The number of hydrogen-bond donors (Lipinski definition) is 0. The fourth-order valence-corrected chi connectivity index (χ4v) is 2.49. The van der Waals surface area contributed by atoms with Gasteiger partial charge in [0.25, 0.3) is 0 Å². The molecule has 90 valence electrons. The third-order valence-corrected chi connectivity index (χ3v) is 3.51. The molecule has 1 aromatic carbocycles. The van der Waals surface area contributed by atoms with Crippen molar-refractivity contribution in [2.24, 2.45) is 4.99 Å². The summed E-state index contributed by atoms with van der Waals surface area (Å²) in [6.45, 7) is 1.99. The second-order valence-corrected chi connectivity index (χ2v) is 5.11. The van der Waals surface area contributed by atoms with Crippen molar-refractivity contribution in [2.45, 2.75) is 13.0 Å². The summed E-state index contributed by atoms with van der Waals surface area (Å²) in [4.78, 5) is 16.0. The predicted octanol–water partition coefficient (Wildman–Crippen LogP) is 3.01. The summed E-state index contributed by atoms with van der Waals surface area (Å²) in [6, 6.07) is 5.38. The summed E-state index contributed by atoms with van der Waals surface area (Å²) in [5, 5.41) is 0.412. The highest BCUT2D eigenvalue weighted by molar-refractivity contribution is 7.98. The molecule has 3 nitrogen and oxygen atoms in total. The lowest BCUT2D eigenvalue weighted by Crippen LogP contribution is -2.09. The highest BCUT2D eigenvalue weighted by Gasteiger charge is 2.30. The second kappa shape index (κ2) is 5.10. The van der Waals surface area contributed by atoms with Gasteiger partial charge >= 0.3 is 5.97 Å². The standard InChI is InChI=1S/C12H12ClNO2S/c1-7(6-17-2)14-11-8-4-3-5-9(13)10(8)12(15)16-11/h3-5,7H,6H2,1-2H3/b14-11+/t7-/m0/s1. The smallest absolute Gasteiger partial charge is 0.347 e. The van der Waals surface area contributed by atoms with Crippen molar-refractivity contribution in [3.05, 3.63) is 34.3 Å². The van der Waals surface area contributed by atoms with E-state index in [1.54, 1.807) is 30.0 Å². The van der Waals surface area contributed by atoms with Crippen LogP contribution in [0.4, 0.5) is 0 Å². The van der Waals surface area contributed by atoms with Gasteiger partial charge in [0.15, 0.2) is 0 Å². The van der Waals surface area contributed by atoms with Crippen LogP contribution in [-0.2, 0) is 4.74 Å². The summed E-state index contributed by atoms with van der Waals surface area (Å²) in [5.74, 6) is 0.853. The molecule has 0 aromatic heterocycles. The first kappa shape index (κ1) is 12.5. The molecule has 1 heterocycles. The van der Waals surface area contributed by atoms with Crippen molar-refractivity contribution in [2.75, 3.05) is 12.0 Å². The van der Waals surface area contributed by atoms with Crippen LogP contribution in [0.5, 0.6) is 0 Å². The Morgan fingerprint density at radius 2 is 2.29 bits per heavy atom. The van der Waals surface area contributed by atoms with Crippen LogP contribution < -0.4 is 0 Å². The van der Waals surface area contributed by atoms with E-state index in [-0.39, 0.29) is 6.04 Å². The molecule has 0 N–H and O–H groups in total. The minimum Gasteiger partial charge on any atom is -0.403 e. The molecule has 0 unspecified atom stereocenters. The fourth-order valence-electron chi connectivity index (χ4n) is 1.68. The first-order valence-electron chi connectivity index (χ1n) is 5.21. The average Bonchev–Trinajstić information content (AvgIpc) is 2.57. The van der Waals surface area contributed by atoms with Crippen molar-refractivity contribution in [1.82, 2.24) is 0 Å². The molecule has 1 aromatic rings. The van der Waals surface area contributed by atoms with Crippen LogP contribution in [0.15, 0.2) is 23.2 Å². The second-order valence-electron chi connectivity index (χ2n) is 3.79. The predicted molar refractivity (Wildman–Crippen MR) is 71.2 cm³/mol. The third kappa shape index (κ3) is 2.48. The maximum atomic E-state index is 11.6. The van der Waals surface area contributed by atoms with E-state index in [1.165, 1.54) is 0 Å². The zero-order valence-corrected chi connectivity index (χ0v) is 11.1. The monoisotopic (exact) mass is 269 g/mol. The van der Waals surface area contributed by atoms with Crippen LogP contribution >= 0.6 is 23.4 Å². The largest absolute Gasteiger partial charge is 0.403 e. The van der Waals surface area contributed by atoms with Gasteiger partial charge in [-0.1, -0.05) is 17.7 Å². The molecular weight excluding hydrogens is 258 g/mol. The Bertz CT molecular complexity index is 487. The van der Waals surface area contributed by atoms with Crippen molar-refractivity contribution < 1.29 is 9.53 Å². The lowest BCUT2D eigenvalue weighted by molar-refractivity contribution is 0.0736. The third-order valence-electron chi connectivity index (χ3n) is 2.38. The molecule has 0 amide bonds. The molecule has 0 spiro atoms. The summed E-state index contributed by atoms with van der Waals surface area (Å²) in [5.41, 5.74) is 1.11. The molecule has 0 radical (unpaired) electrons. The number of ether oxygens (including phenoxy) is 1. The number of halogens is 1. The number of benzene rings is 1. The van der Waals surface area contributed by atoms with Gasteiger partial charge in [-0.25, -0.2) is 9.79 Å². The molecule has 1 atom stereocenters. The number of aliphatic imine (C=N–C) groups is 1. The van der Waals surface area contributed by atoms with E-state index < -0.39 is 5.97 Å². The van der Waals surface area contributed by atoms with E-state index in [1.807, 2.05) is 13.2 Å². The molecule has 5 heteroatoms. The topological polar surface area (TPSA) is 38.7 Å². The zero-order chi connectivity index (χ0) is 12.4. The van der Waals surface area contributed by atoms with Gasteiger partial charge in [0.05, 0.1) is 22.2 Å². The van der Waals surface area contributed by atoms with E-state index in [2.05, 4.69) is 4.99 Å². The van der Waals surface area contributed by atoms with E-state index in [4.69, 9.17) is 16.3 Å². The molecule has 17 heavy (non-hydrogen) atoms. The Balaban J connectivity index is 2.37. The Hall–Kier alpha value is -1.00. The first-order valence-corrected chi connectivity index (χ1v) is 6.98. The van der Waals surface area contributed by atoms with Crippen LogP contribution in [-0.4, -0.2) is 29.9 Å². The highest BCUT2D eigenvalue weighted by Crippen LogP contribution is 2.27. The van der Waals surface area contributed by atoms with Crippen LogP contribution in [0.1, 0.15) is 22.8 Å². The van der Waals surface area contributed by atoms with E-state index in [0.29, 0.717) is 22.0 Å². The van der Waals surface area contributed by atoms with Gasteiger partial charge in [0.1, 0.15) is 0 Å². The van der Waals surface area contributed by atoms with Crippen LogP contribution in [0.25, 0.3) is 0 Å². The number of esters is 1.